The van der Waals surface area contributed by atoms with E-state index in [1.54, 1.807) is 6.07 Å². The van der Waals surface area contributed by atoms with Crippen molar-refractivity contribution in [3.63, 3.8) is 0 Å². The van der Waals surface area contributed by atoms with Gasteiger partial charge in [0.2, 0.25) is 0 Å². The Hall–Kier alpha value is -1.97. The molecular weight excluding hydrogens is 268 g/mol. The Kier molecular flexibility index (Phi) is 7.37. The minimum absolute atomic E-state index is 0.496. The molecule has 0 radical (unpaired) electrons. The molecule has 0 aliphatic rings. The minimum Gasteiger partial charge on any atom is -0.490 e. The van der Waals surface area contributed by atoms with Crippen molar-refractivity contribution in [2.45, 2.75) is 33.6 Å². The highest BCUT2D eigenvalue weighted by Gasteiger charge is 2.08. The molecule has 0 fully saturated rings. The molecule has 0 aromatic heterocycles. The molecule has 1 unspecified atom stereocenters. The van der Waals surface area contributed by atoms with Gasteiger partial charge in [0.05, 0.1) is 13.2 Å². The summed E-state index contributed by atoms with van der Waals surface area (Å²) in [7, 11) is 0. The highest BCUT2D eigenvalue weighted by Crippen LogP contribution is 2.29. The van der Waals surface area contributed by atoms with Crippen molar-refractivity contribution in [1.29, 1.82) is 0 Å². The molecule has 0 heterocycles. The first-order valence-electron chi connectivity index (χ1n) is 7.37. The van der Waals surface area contributed by atoms with Crippen LogP contribution in [0.3, 0.4) is 0 Å². The number of rotatable bonds is 9. The Balaban J connectivity index is 2.81. The number of carboxylic acids is 1. The molecular formula is C17H24O4. The largest absolute Gasteiger partial charge is 0.490 e. The lowest BCUT2D eigenvalue weighted by atomic mass is 10.1. The number of benzene rings is 1. The molecule has 4 nitrogen and oxygen atoms in total. The molecule has 0 saturated heterocycles. The van der Waals surface area contributed by atoms with Gasteiger partial charge in [-0.25, -0.2) is 4.79 Å². The van der Waals surface area contributed by atoms with Crippen LogP contribution in [0.4, 0.5) is 0 Å². The number of hydrogen-bond acceptors (Lipinski definition) is 3. The van der Waals surface area contributed by atoms with Crippen molar-refractivity contribution in [1.82, 2.24) is 0 Å². The van der Waals surface area contributed by atoms with Crippen LogP contribution >= 0.6 is 0 Å². The average Bonchev–Trinajstić information content (AvgIpc) is 2.44. The van der Waals surface area contributed by atoms with E-state index in [2.05, 4.69) is 13.8 Å². The molecule has 1 N–H and O–H groups in total. The number of ether oxygens (including phenoxy) is 2. The van der Waals surface area contributed by atoms with Gasteiger partial charge in [0.25, 0.3) is 0 Å². The zero-order valence-electron chi connectivity index (χ0n) is 13.0. The molecule has 1 rings (SSSR count). The minimum atomic E-state index is -0.971. The molecule has 0 saturated carbocycles. The lowest BCUT2D eigenvalue weighted by Crippen LogP contribution is -2.09. The Morgan fingerprint density at radius 2 is 2.05 bits per heavy atom. The number of carbonyl (C=O) groups is 1. The molecule has 0 bridgehead atoms. The standard InChI is InChI=1S/C17H24O4/c1-4-6-13(3)12-21-15-9-7-14(8-10-17(18)19)11-16(15)20-5-2/h7-11,13H,4-6,12H2,1-3H3,(H,18,19). The second-order valence-electron chi connectivity index (χ2n) is 5.02. The Morgan fingerprint density at radius 3 is 2.67 bits per heavy atom. The van der Waals surface area contributed by atoms with Gasteiger partial charge in [0, 0.05) is 6.08 Å². The van der Waals surface area contributed by atoms with Crippen LogP contribution in [0.1, 0.15) is 39.2 Å². The third-order valence-electron chi connectivity index (χ3n) is 2.99. The van der Waals surface area contributed by atoms with Gasteiger partial charge in [-0.3, -0.25) is 0 Å². The quantitative estimate of drug-likeness (QED) is 0.699. The summed E-state index contributed by atoms with van der Waals surface area (Å²) in [5, 5.41) is 8.66. The topological polar surface area (TPSA) is 55.8 Å². The summed E-state index contributed by atoms with van der Waals surface area (Å²) in [6, 6.07) is 5.44. The van der Waals surface area contributed by atoms with E-state index in [4.69, 9.17) is 14.6 Å². The fourth-order valence-electron chi connectivity index (χ4n) is 1.99. The van der Waals surface area contributed by atoms with Crippen LogP contribution in [0.25, 0.3) is 6.08 Å². The van der Waals surface area contributed by atoms with Crippen molar-refractivity contribution in [2.24, 2.45) is 5.92 Å². The van der Waals surface area contributed by atoms with Crippen LogP contribution in [0.5, 0.6) is 11.5 Å². The predicted octanol–water partition coefficient (Wildman–Crippen LogP) is 4.00. The first-order valence-corrected chi connectivity index (χ1v) is 7.37. The molecule has 0 aliphatic carbocycles. The van der Waals surface area contributed by atoms with E-state index in [1.807, 2.05) is 19.1 Å². The van der Waals surface area contributed by atoms with Gasteiger partial charge in [-0.05, 0) is 43.0 Å². The van der Waals surface area contributed by atoms with Crippen LogP contribution in [0.15, 0.2) is 24.3 Å². The van der Waals surface area contributed by atoms with Crippen LogP contribution in [0.2, 0.25) is 0 Å². The van der Waals surface area contributed by atoms with Crippen LogP contribution < -0.4 is 9.47 Å². The van der Waals surface area contributed by atoms with E-state index in [0.29, 0.717) is 30.6 Å². The van der Waals surface area contributed by atoms with Gasteiger partial charge in [0.1, 0.15) is 0 Å². The smallest absolute Gasteiger partial charge is 0.328 e. The van der Waals surface area contributed by atoms with Crippen molar-refractivity contribution < 1.29 is 19.4 Å². The van der Waals surface area contributed by atoms with Crippen LogP contribution in [-0.2, 0) is 4.79 Å². The molecule has 0 aliphatic heterocycles. The molecule has 21 heavy (non-hydrogen) atoms. The fraction of sp³-hybridized carbons (Fsp3) is 0.471. The van der Waals surface area contributed by atoms with Gasteiger partial charge in [-0.15, -0.1) is 0 Å². The summed E-state index contributed by atoms with van der Waals surface area (Å²) in [5.41, 5.74) is 0.773. The normalized spacial score (nSPS) is 12.3. The van der Waals surface area contributed by atoms with Crippen molar-refractivity contribution in [3.8, 4) is 11.5 Å². The molecule has 0 amide bonds. The maximum atomic E-state index is 10.5. The Labute approximate surface area is 126 Å². The highest BCUT2D eigenvalue weighted by molar-refractivity contribution is 5.85. The summed E-state index contributed by atoms with van der Waals surface area (Å²) >= 11 is 0. The van der Waals surface area contributed by atoms with E-state index >= 15 is 0 Å². The second kappa shape index (κ2) is 9.06. The van der Waals surface area contributed by atoms with E-state index in [-0.39, 0.29) is 0 Å². The zero-order chi connectivity index (χ0) is 15.7. The predicted molar refractivity (Wildman–Crippen MR) is 83.8 cm³/mol. The highest BCUT2D eigenvalue weighted by atomic mass is 16.5. The summed E-state index contributed by atoms with van der Waals surface area (Å²) < 4.78 is 11.4. The third kappa shape index (κ3) is 6.34. The molecule has 116 valence electrons. The first kappa shape index (κ1) is 17.1. The Morgan fingerprint density at radius 1 is 1.29 bits per heavy atom. The first-order chi connectivity index (χ1) is 10.1. The molecule has 4 heteroatoms. The molecule has 1 aromatic carbocycles. The number of aliphatic carboxylic acids is 1. The SMILES string of the molecule is CCCC(C)COc1ccc(C=CC(=O)O)cc1OCC. The third-order valence-corrected chi connectivity index (χ3v) is 2.99. The van der Waals surface area contributed by atoms with Crippen molar-refractivity contribution in [3.05, 3.63) is 29.8 Å². The summed E-state index contributed by atoms with van der Waals surface area (Å²) in [6.45, 7) is 7.41. The zero-order valence-corrected chi connectivity index (χ0v) is 13.0. The molecule has 0 spiro atoms. The lowest BCUT2D eigenvalue weighted by molar-refractivity contribution is -0.131. The average molecular weight is 292 g/mol. The van der Waals surface area contributed by atoms with Gasteiger partial charge in [0.15, 0.2) is 11.5 Å². The number of hydrogen-bond donors (Lipinski definition) is 1. The van der Waals surface area contributed by atoms with Crippen LogP contribution in [0, 0.1) is 5.92 Å². The van der Waals surface area contributed by atoms with Crippen molar-refractivity contribution >= 4 is 12.0 Å². The fourth-order valence-corrected chi connectivity index (χ4v) is 1.99. The van der Waals surface area contributed by atoms with Gasteiger partial charge in [-0.1, -0.05) is 26.3 Å². The lowest BCUT2D eigenvalue weighted by Gasteiger charge is -2.15. The van der Waals surface area contributed by atoms with E-state index < -0.39 is 5.97 Å². The van der Waals surface area contributed by atoms with Crippen LogP contribution in [-0.4, -0.2) is 24.3 Å². The summed E-state index contributed by atoms with van der Waals surface area (Å²) in [4.78, 5) is 10.5. The summed E-state index contributed by atoms with van der Waals surface area (Å²) in [5.74, 6) is 0.874. The summed E-state index contributed by atoms with van der Waals surface area (Å²) in [6.07, 6.45) is 4.91. The second-order valence-corrected chi connectivity index (χ2v) is 5.02. The van der Waals surface area contributed by atoms with E-state index in [1.165, 1.54) is 6.08 Å². The molecule has 1 atom stereocenters. The van der Waals surface area contributed by atoms with Gasteiger partial charge in [-0.2, -0.15) is 0 Å². The number of carboxylic acid groups (broad SMARTS) is 1. The maximum absolute atomic E-state index is 10.5. The molecule has 1 aromatic rings. The van der Waals surface area contributed by atoms with E-state index in [9.17, 15) is 4.79 Å². The van der Waals surface area contributed by atoms with Gasteiger partial charge < -0.3 is 14.6 Å². The Bertz CT molecular complexity index is 480. The monoisotopic (exact) mass is 292 g/mol. The maximum Gasteiger partial charge on any atom is 0.328 e. The van der Waals surface area contributed by atoms with Crippen molar-refractivity contribution in [2.75, 3.05) is 13.2 Å². The van der Waals surface area contributed by atoms with Gasteiger partial charge >= 0.3 is 5.97 Å². The van der Waals surface area contributed by atoms with E-state index in [0.717, 1.165) is 24.5 Å².